The minimum absolute atomic E-state index is 0. The average Bonchev–Trinajstić information content (AvgIpc) is 2.93. The quantitative estimate of drug-likeness (QED) is 0.403. The van der Waals surface area contributed by atoms with E-state index in [0.717, 1.165) is 0 Å². The zero-order valence-corrected chi connectivity index (χ0v) is 21.2. The monoisotopic (exact) mass is 463 g/mol. The van der Waals surface area contributed by atoms with Gasteiger partial charge in [-0.05, 0) is 21.9 Å². The fourth-order valence-corrected chi connectivity index (χ4v) is 2.80. The van der Waals surface area contributed by atoms with Crippen LogP contribution in [0, 0.1) is 20.9 Å². The summed E-state index contributed by atoms with van der Waals surface area (Å²) in [6.07, 6.45) is 11.9. The van der Waals surface area contributed by atoms with Gasteiger partial charge in [-0.1, -0.05) is 69.2 Å². The number of allylic oxidation sites excluding steroid dienone is 5. The van der Waals surface area contributed by atoms with E-state index in [1.807, 2.05) is 20.8 Å². The zero-order valence-electron chi connectivity index (χ0n) is 17.1. The minimum Gasteiger partial charge on any atom is -1.00 e. The molecule has 1 unspecified atom stereocenters. The van der Waals surface area contributed by atoms with Crippen LogP contribution in [0.3, 0.4) is 0 Å². The molecule has 1 N–H and O–H groups in total. The van der Waals surface area contributed by atoms with Crippen molar-refractivity contribution in [3.05, 3.63) is 98.0 Å². The Labute approximate surface area is 203 Å². The van der Waals surface area contributed by atoms with Crippen molar-refractivity contribution in [2.24, 2.45) is 0 Å². The van der Waals surface area contributed by atoms with Gasteiger partial charge in [0.05, 0.1) is 0 Å². The maximum atomic E-state index is 6.94. The number of nitrogens with one attached hydrogen (secondary N) is 1. The molecule has 2 aliphatic rings. The van der Waals surface area contributed by atoms with Gasteiger partial charge in [-0.25, -0.2) is 6.08 Å². The summed E-state index contributed by atoms with van der Waals surface area (Å²) in [5, 5.41) is 2.66. The van der Waals surface area contributed by atoms with Gasteiger partial charge in [-0.15, -0.1) is 11.6 Å². The van der Waals surface area contributed by atoms with Crippen LogP contribution in [-0.2, 0) is 21.7 Å². The molecule has 2 aliphatic carbocycles. The molecular formula is C23H27Cl2NSiTi-4. The molecule has 0 aromatic heterocycles. The second-order valence-electron chi connectivity index (χ2n) is 6.83. The molecule has 0 saturated heterocycles. The van der Waals surface area contributed by atoms with Gasteiger partial charge in [-0.3, -0.25) is 6.08 Å². The third kappa shape index (κ3) is 8.41. The van der Waals surface area contributed by atoms with E-state index in [-0.39, 0.29) is 77.9 Å². The van der Waals surface area contributed by atoms with Crippen molar-refractivity contribution < 1.29 is 46.5 Å². The van der Waals surface area contributed by atoms with Gasteiger partial charge < -0.3 is 45.4 Å². The second kappa shape index (κ2) is 14.4. The van der Waals surface area contributed by atoms with Gasteiger partial charge in [0, 0.05) is 11.0 Å². The van der Waals surface area contributed by atoms with E-state index in [2.05, 4.69) is 66.8 Å². The first-order valence-corrected chi connectivity index (χ1v) is 7.68. The van der Waals surface area contributed by atoms with Crippen LogP contribution in [0.2, 0.25) is 0 Å². The molecule has 0 fully saturated rings. The van der Waals surface area contributed by atoms with E-state index < -0.39 is 0 Å². The molecule has 150 valence electrons. The van der Waals surface area contributed by atoms with Gasteiger partial charge in [0.25, 0.3) is 0 Å². The number of hydrogen-bond donors (Lipinski definition) is 0. The van der Waals surface area contributed by atoms with E-state index in [1.54, 1.807) is 0 Å². The number of benzene rings is 2. The third-order valence-electron chi connectivity index (χ3n) is 3.65. The van der Waals surface area contributed by atoms with Gasteiger partial charge >= 0.3 is 21.7 Å². The minimum atomic E-state index is -0.250. The number of fused-ring (bicyclic) bond motifs is 5. The number of halogens is 2. The average molecular weight is 464 g/mol. The van der Waals surface area contributed by atoms with Crippen LogP contribution in [0.15, 0.2) is 60.2 Å². The Kier molecular flexibility index (Phi) is 17.9. The summed E-state index contributed by atoms with van der Waals surface area (Å²) in [5.74, 6) is 0.416. The third-order valence-corrected chi connectivity index (χ3v) is 3.65. The van der Waals surface area contributed by atoms with E-state index in [4.69, 9.17) is 5.73 Å². The van der Waals surface area contributed by atoms with Crippen molar-refractivity contribution in [3.63, 3.8) is 0 Å². The SMILES string of the molecule is CC(C)(C)[NH-].[C-]1=CC2C(=C1)C=Cc1c2ccc2ccccc12.[CH3-].[CH3-].[Cl-].[Cl-].[Si].[Ti+2]. The molecule has 2 aromatic carbocycles. The first-order valence-electron chi connectivity index (χ1n) is 7.68. The predicted molar refractivity (Wildman–Crippen MR) is 114 cm³/mol. The largest absolute Gasteiger partial charge is 2.00 e. The molecule has 2 aromatic rings. The predicted octanol–water partition coefficient (Wildman–Crippen LogP) is 0.612. The maximum absolute atomic E-state index is 6.94. The normalized spacial score (nSPS) is 14.4. The smallest absolute Gasteiger partial charge is 1.00 e. The molecule has 28 heavy (non-hydrogen) atoms. The first kappa shape index (κ1) is 34.9. The van der Waals surface area contributed by atoms with Crippen molar-refractivity contribution in [1.82, 2.24) is 0 Å². The van der Waals surface area contributed by atoms with Crippen LogP contribution in [-0.4, -0.2) is 16.5 Å². The summed E-state index contributed by atoms with van der Waals surface area (Å²) >= 11 is 0. The Morgan fingerprint density at radius 2 is 1.50 bits per heavy atom. The van der Waals surface area contributed by atoms with Crippen LogP contribution in [0.4, 0.5) is 0 Å². The van der Waals surface area contributed by atoms with Gasteiger partial charge in [-0.2, -0.15) is 11.6 Å². The van der Waals surface area contributed by atoms with Crippen molar-refractivity contribution >= 4 is 27.8 Å². The maximum Gasteiger partial charge on any atom is 2.00 e. The van der Waals surface area contributed by atoms with Gasteiger partial charge in [0.1, 0.15) is 0 Å². The Balaban J connectivity index is -0.000000239. The van der Waals surface area contributed by atoms with Crippen molar-refractivity contribution in [1.29, 1.82) is 0 Å². The molecule has 0 spiro atoms. The van der Waals surface area contributed by atoms with Gasteiger partial charge in [0.2, 0.25) is 0 Å². The van der Waals surface area contributed by atoms with Crippen LogP contribution in [0.25, 0.3) is 22.6 Å². The molecule has 0 amide bonds. The molecule has 0 aliphatic heterocycles. The van der Waals surface area contributed by atoms with Crippen molar-refractivity contribution in [3.8, 4) is 0 Å². The molecule has 0 heterocycles. The summed E-state index contributed by atoms with van der Waals surface area (Å²) in [6, 6.07) is 13.1. The van der Waals surface area contributed by atoms with Crippen LogP contribution in [0.1, 0.15) is 37.8 Å². The molecule has 4 radical (unpaired) electrons. The van der Waals surface area contributed by atoms with E-state index in [9.17, 15) is 0 Å². The summed E-state index contributed by atoms with van der Waals surface area (Å²) in [5.41, 5.74) is 10.8. The summed E-state index contributed by atoms with van der Waals surface area (Å²) in [4.78, 5) is 0. The van der Waals surface area contributed by atoms with Crippen molar-refractivity contribution in [2.75, 3.05) is 0 Å². The number of rotatable bonds is 0. The summed E-state index contributed by atoms with van der Waals surface area (Å²) in [7, 11) is 0. The Morgan fingerprint density at radius 3 is 2.11 bits per heavy atom. The summed E-state index contributed by atoms with van der Waals surface area (Å²) < 4.78 is 0. The molecular weight excluding hydrogens is 437 g/mol. The van der Waals surface area contributed by atoms with E-state index >= 15 is 0 Å². The van der Waals surface area contributed by atoms with E-state index in [0.29, 0.717) is 5.92 Å². The molecule has 1 atom stereocenters. The topological polar surface area (TPSA) is 23.8 Å². The van der Waals surface area contributed by atoms with Crippen LogP contribution >= 0.6 is 0 Å². The second-order valence-corrected chi connectivity index (χ2v) is 6.83. The van der Waals surface area contributed by atoms with Crippen LogP contribution < -0.4 is 24.8 Å². The van der Waals surface area contributed by atoms with Crippen molar-refractivity contribution in [2.45, 2.75) is 32.2 Å². The zero-order chi connectivity index (χ0) is 15.7. The number of hydrogen-bond acceptors (Lipinski definition) is 0. The van der Waals surface area contributed by atoms with Crippen LogP contribution in [0.5, 0.6) is 0 Å². The summed E-state index contributed by atoms with van der Waals surface area (Å²) in [6.45, 7) is 5.56. The Hall–Kier alpha value is -0.609. The Morgan fingerprint density at radius 1 is 0.929 bits per heavy atom. The molecule has 0 saturated carbocycles. The first-order chi connectivity index (χ1) is 10.4. The fraction of sp³-hybridized carbons (Fsp3) is 0.217. The molecule has 4 rings (SSSR count). The fourth-order valence-electron chi connectivity index (χ4n) is 2.80. The molecule has 1 nitrogen and oxygen atoms in total. The molecule has 0 bridgehead atoms. The molecule has 5 heteroatoms. The standard InChI is InChI=1S/C17H11.C4H10N.2CH3.2ClH.Si.Ti/c1-2-6-14-12(4-1)8-10-17-15-7-3-5-13(15)9-11-16(14)17;1-4(2,3)5;;;;;;/h1-2,4-11,15H;5H,1-3H3;2*1H3;2*1H;;/q4*-1;;;;+2/p-2. The van der Waals surface area contributed by atoms with E-state index in [1.165, 1.54) is 27.5 Å². The van der Waals surface area contributed by atoms with Gasteiger partial charge in [0.15, 0.2) is 0 Å². The Bertz CT molecular complexity index is 802.